The molecular formula is C19H29N5O. The molecule has 3 heterocycles. The molecule has 0 spiro atoms. The van der Waals surface area contributed by atoms with Crippen molar-refractivity contribution in [3.63, 3.8) is 0 Å². The highest BCUT2D eigenvalue weighted by molar-refractivity contribution is 5.98. The van der Waals surface area contributed by atoms with Gasteiger partial charge in [-0.05, 0) is 43.6 Å². The summed E-state index contributed by atoms with van der Waals surface area (Å²) in [7, 11) is 1.86. The van der Waals surface area contributed by atoms with E-state index in [4.69, 9.17) is 0 Å². The fraction of sp³-hybridized carbons (Fsp3) is 0.632. The van der Waals surface area contributed by atoms with E-state index in [2.05, 4.69) is 31.0 Å². The first-order chi connectivity index (χ1) is 11.8. The first-order valence-corrected chi connectivity index (χ1v) is 9.12. The van der Waals surface area contributed by atoms with Gasteiger partial charge in [-0.15, -0.1) is 0 Å². The summed E-state index contributed by atoms with van der Waals surface area (Å²) in [6.07, 6.45) is 6.88. The Labute approximate surface area is 149 Å². The smallest absolute Gasteiger partial charge is 0.259 e. The molecule has 2 aromatic rings. The number of nitrogens with zero attached hydrogens (tertiary/aromatic N) is 5. The van der Waals surface area contributed by atoms with Crippen LogP contribution < -0.4 is 0 Å². The van der Waals surface area contributed by atoms with E-state index in [1.807, 2.05) is 31.1 Å². The average molecular weight is 343 g/mol. The minimum atomic E-state index is 0.0747. The fourth-order valence-electron chi connectivity index (χ4n) is 3.88. The second-order valence-electron chi connectivity index (χ2n) is 8.14. The molecule has 0 aromatic carbocycles. The molecule has 2 aromatic heterocycles. The van der Waals surface area contributed by atoms with Crippen LogP contribution in [0.25, 0.3) is 5.82 Å². The molecule has 1 aliphatic rings. The molecule has 6 heteroatoms. The first-order valence-electron chi connectivity index (χ1n) is 9.12. The van der Waals surface area contributed by atoms with Crippen molar-refractivity contribution in [1.29, 1.82) is 0 Å². The minimum absolute atomic E-state index is 0.0747. The highest BCUT2D eigenvalue weighted by Gasteiger charge is 2.31. The third-order valence-corrected chi connectivity index (χ3v) is 5.37. The molecule has 0 unspecified atom stereocenters. The van der Waals surface area contributed by atoms with Crippen LogP contribution in [0.5, 0.6) is 0 Å². The molecule has 0 radical (unpaired) electrons. The van der Waals surface area contributed by atoms with Gasteiger partial charge in [0.05, 0.1) is 5.69 Å². The third-order valence-electron chi connectivity index (χ3n) is 5.37. The maximum absolute atomic E-state index is 13.3. The summed E-state index contributed by atoms with van der Waals surface area (Å²) in [5.41, 5.74) is 1.72. The van der Waals surface area contributed by atoms with Gasteiger partial charge < -0.3 is 4.90 Å². The molecular weight excluding hydrogens is 314 g/mol. The van der Waals surface area contributed by atoms with E-state index in [0.717, 1.165) is 37.4 Å². The van der Waals surface area contributed by atoms with Gasteiger partial charge in [0.25, 0.3) is 5.91 Å². The Morgan fingerprint density at radius 2 is 2.00 bits per heavy atom. The van der Waals surface area contributed by atoms with Crippen molar-refractivity contribution in [1.82, 2.24) is 24.5 Å². The van der Waals surface area contributed by atoms with Crippen LogP contribution in [-0.2, 0) is 7.05 Å². The number of aromatic nitrogens is 4. The monoisotopic (exact) mass is 343 g/mol. The molecule has 0 aliphatic carbocycles. The fourth-order valence-corrected chi connectivity index (χ4v) is 3.88. The summed E-state index contributed by atoms with van der Waals surface area (Å²) < 4.78 is 3.47. The average Bonchev–Trinajstić information content (AvgIpc) is 3.04. The Morgan fingerprint density at radius 1 is 1.24 bits per heavy atom. The van der Waals surface area contributed by atoms with Gasteiger partial charge in [-0.3, -0.25) is 4.79 Å². The van der Waals surface area contributed by atoms with Crippen LogP contribution in [0.3, 0.4) is 0 Å². The van der Waals surface area contributed by atoms with Gasteiger partial charge >= 0.3 is 0 Å². The summed E-state index contributed by atoms with van der Waals surface area (Å²) >= 11 is 0. The van der Waals surface area contributed by atoms with Crippen molar-refractivity contribution in [2.24, 2.45) is 18.4 Å². The van der Waals surface area contributed by atoms with Crippen LogP contribution in [0.15, 0.2) is 18.5 Å². The zero-order valence-electron chi connectivity index (χ0n) is 16.0. The lowest BCUT2D eigenvalue weighted by molar-refractivity contribution is 0.0754. The largest absolute Gasteiger partial charge is 0.338 e. The number of hydrogen-bond acceptors (Lipinski definition) is 3. The van der Waals surface area contributed by atoms with Crippen LogP contribution in [0.2, 0.25) is 0 Å². The van der Waals surface area contributed by atoms with E-state index in [0.29, 0.717) is 16.9 Å². The van der Waals surface area contributed by atoms with Crippen LogP contribution in [0.1, 0.15) is 56.1 Å². The molecule has 1 atom stereocenters. The Kier molecular flexibility index (Phi) is 4.71. The number of rotatable bonds is 2. The normalized spacial score (nSPS) is 19.1. The Balaban J connectivity index is 1.87. The molecule has 0 bridgehead atoms. The number of carbonyl (C=O) groups is 1. The van der Waals surface area contributed by atoms with Gasteiger partial charge in [0.15, 0.2) is 5.82 Å². The first kappa shape index (κ1) is 17.7. The maximum Gasteiger partial charge on any atom is 0.259 e. The zero-order valence-corrected chi connectivity index (χ0v) is 16.0. The topological polar surface area (TPSA) is 56.0 Å². The van der Waals surface area contributed by atoms with Crippen LogP contribution in [0.4, 0.5) is 0 Å². The van der Waals surface area contributed by atoms with E-state index in [-0.39, 0.29) is 5.91 Å². The lowest BCUT2D eigenvalue weighted by Gasteiger charge is -2.29. The quantitative estimate of drug-likeness (QED) is 0.841. The van der Waals surface area contributed by atoms with Crippen molar-refractivity contribution in [2.75, 3.05) is 13.1 Å². The van der Waals surface area contributed by atoms with Gasteiger partial charge in [-0.1, -0.05) is 20.8 Å². The number of carbonyl (C=O) groups excluding carboxylic acids is 1. The Morgan fingerprint density at radius 3 is 2.64 bits per heavy atom. The van der Waals surface area contributed by atoms with Gasteiger partial charge in [0, 0.05) is 32.5 Å². The van der Waals surface area contributed by atoms with Crippen LogP contribution in [-0.4, -0.2) is 43.5 Å². The van der Waals surface area contributed by atoms with E-state index in [9.17, 15) is 4.79 Å². The lowest BCUT2D eigenvalue weighted by Crippen LogP contribution is -2.33. The maximum atomic E-state index is 13.3. The zero-order chi connectivity index (χ0) is 18.2. The van der Waals surface area contributed by atoms with E-state index < -0.39 is 0 Å². The second kappa shape index (κ2) is 6.65. The predicted octanol–water partition coefficient (Wildman–Crippen LogP) is 3.20. The number of hydrogen-bond donors (Lipinski definition) is 0. The van der Waals surface area contributed by atoms with Gasteiger partial charge in [-0.25, -0.2) is 9.36 Å². The van der Waals surface area contributed by atoms with E-state index >= 15 is 0 Å². The highest BCUT2D eigenvalue weighted by Crippen LogP contribution is 2.34. The number of amides is 1. The highest BCUT2D eigenvalue weighted by atomic mass is 16.2. The predicted molar refractivity (Wildman–Crippen MR) is 97.8 cm³/mol. The minimum Gasteiger partial charge on any atom is -0.338 e. The SMILES string of the molecule is Cc1nn(C)c(-n2cccn2)c1C(=O)N1CCC[C@@H](C(C)(C)C)CC1. The van der Waals surface area contributed by atoms with Crippen molar-refractivity contribution < 1.29 is 4.79 Å². The van der Waals surface area contributed by atoms with Crippen LogP contribution in [0, 0.1) is 18.3 Å². The molecule has 1 amide bonds. The summed E-state index contributed by atoms with van der Waals surface area (Å²) in [5.74, 6) is 1.47. The van der Waals surface area contributed by atoms with Crippen LogP contribution >= 0.6 is 0 Å². The lowest BCUT2D eigenvalue weighted by atomic mass is 9.77. The van der Waals surface area contributed by atoms with E-state index in [1.165, 1.54) is 6.42 Å². The molecule has 3 rings (SSSR count). The molecule has 0 saturated carbocycles. The summed E-state index contributed by atoms with van der Waals surface area (Å²) in [4.78, 5) is 15.3. The standard InChI is InChI=1S/C19H29N5O/c1-14-16(17(22(5)21-14)24-12-7-10-20-24)18(25)23-11-6-8-15(9-13-23)19(2,3)4/h7,10,12,15H,6,8-9,11,13H2,1-5H3/t15-/m1/s1. The molecule has 1 saturated heterocycles. The molecule has 25 heavy (non-hydrogen) atoms. The third kappa shape index (κ3) is 3.48. The molecule has 1 fully saturated rings. The Bertz CT molecular complexity index is 739. The Hall–Kier alpha value is -2.11. The van der Waals surface area contributed by atoms with Crippen molar-refractivity contribution >= 4 is 5.91 Å². The van der Waals surface area contributed by atoms with Gasteiger partial charge in [0.2, 0.25) is 0 Å². The van der Waals surface area contributed by atoms with Crippen molar-refractivity contribution in [2.45, 2.75) is 47.0 Å². The van der Waals surface area contributed by atoms with E-state index in [1.54, 1.807) is 15.6 Å². The van der Waals surface area contributed by atoms with Crippen molar-refractivity contribution in [3.05, 3.63) is 29.7 Å². The molecule has 6 nitrogen and oxygen atoms in total. The van der Waals surface area contributed by atoms with Gasteiger partial charge in [0.1, 0.15) is 5.56 Å². The summed E-state index contributed by atoms with van der Waals surface area (Å²) in [5, 5.41) is 8.77. The number of likely N-dealkylation sites (tertiary alicyclic amines) is 1. The summed E-state index contributed by atoms with van der Waals surface area (Å²) in [6.45, 7) is 10.4. The number of aryl methyl sites for hydroxylation is 2. The molecule has 136 valence electrons. The second-order valence-corrected chi connectivity index (χ2v) is 8.14. The molecule has 0 N–H and O–H groups in total. The summed E-state index contributed by atoms with van der Waals surface area (Å²) in [6, 6.07) is 1.86. The molecule has 1 aliphatic heterocycles. The van der Waals surface area contributed by atoms with Gasteiger partial charge in [-0.2, -0.15) is 10.2 Å². The van der Waals surface area contributed by atoms with Crippen molar-refractivity contribution in [3.8, 4) is 5.82 Å².